The van der Waals surface area contributed by atoms with Gasteiger partial charge in [0.1, 0.15) is 29.6 Å². The number of aromatic nitrogens is 2. The zero-order valence-electron chi connectivity index (χ0n) is 20.2. The lowest BCUT2D eigenvalue weighted by Crippen LogP contribution is -2.45. The van der Waals surface area contributed by atoms with E-state index in [1.807, 2.05) is 0 Å². The summed E-state index contributed by atoms with van der Waals surface area (Å²) in [5.41, 5.74) is -2.29. The molecule has 2 heterocycles. The van der Waals surface area contributed by atoms with Gasteiger partial charge in [0.05, 0.1) is 12.7 Å². The molecule has 2 aromatic rings. The minimum atomic E-state index is -4.22. The maximum Gasteiger partial charge on any atom is 0.459 e. The number of rotatable bonds is 10. The number of nitrogens with one attached hydrogen (secondary N) is 2. The molecule has 1 saturated heterocycles. The smallest absolute Gasteiger partial charge is 0.459 e. The number of carbonyl (C=O) groups is 1. The highest BCUT2D eigenvalue weighted by Gasteiger charge is 2.53. The Morgan fingerprint density at radius 1 is 1.31 bits per heavy atom. The maximum absolute atomic E-state index is 13.6. The molecule has 1 aliphatic rings. The second-order valence-corrected chi connectivity index (χ2v) is 10.8. The Balaban J connectivity index is 1.80. The number of esters is 1. The highest BCUT2D eigenvalue weighted by atomic mass is 32.1. The lowest BCUT2D eigenvalue weighted by Gasteiger charge is -2.28. The van der Waals surface area contributed by atoms with Crippen LogP contribution in [0.25, 0.3) is 0 Å². The van der Waals surface area contributed by atoms with Crippen LogP contribution in [-0.4, -0.2) is 62.3 Å². The first-order valence-corrected chi connectivity index (χ1v) is 13.1. The Morgan fingerprint density at radius 3 is 2.58 bits per heavy atom. The number of aliphatic hydroxyl groups is 2. The summed E-state index contributed by atoms with van der Waals surface area (Å²) in [6.07, 6.45) is -2.93. The molecule has 0 aliphatic carbocycles. The van der Waals surface area contributed by atoms with Crippen molar-refractivity contribution in [3.63, 3.8) is 0 Å². The van der Waals surface area contributed by atoms with E-state index in [-0.39, 0.29) is 10.5 Å². The third-order valence-electron chi connectivity index (χ3n) is 5.29. The highest BCUT2D eigenvalue weighted by Crippen LogP contribution is 2.47. The van der Waals surface area contributed by atoms with Crippen LogP contribution in [0.4, 0.5) is 0 Å². The van der Waals surface area contributed by atoms with E-state index in [9.17, 15) is 24.4 Å². The van der Waals surface area contributed by atoms with E-state index < -0.39 is 62.1 Å². The number of benzene rings is 1. The van der Waals surface area contributed by atoms with Gasteiger partial charge in [-0.25, -0.2) is 4.57 Å². The first-order chi connectivity index (χ1) is 16.8. The minimum Gasteiger partial charge on any atom is -0.462 e. The zero-order chi connectivity index (χ0) is 26.7. The van der Waals surface area contributed by atoms with E-state index in [2.05, 4.69) is 10.1 Å². The topological polar surface area (TPSA) is 161 Å². The monoisotopic (exact) mass is 543 g/mol. The van der Waals surface area contributed by atoms with Gasteiger partial charge >= 0.3 is 13.7 Å². The highest BCUT2D eigenvalue weighted by molar-refractivity contribution is 7.71. The number of nitrogens with zero attached hydrogens (tertiary/aromatic N) is 1. The number of H-pyrrole nitrogens is 1. The van der Waals surface area contributed by atoms with Gasteiger partial charge in [0, 0.05) is 12.3 Å². The van der Waals surface area contributed by atoms with Crippen molar-refractivity contribution in [1.82, 2.24) is 14.6 Å². The molecule has 4 N–H and O–H groups in total. The van der Waals surface area contributed by atoms with Gasteiger partial charge in [-0.15, -0.1) is 0 Å². The molecule has 14 heteroatoms. The van der Waals surface area contributed by atoms with Crippen LogP contribution in [0.1, 0.15) is 33.9 Å². The third-order valence-corrected chi connectivity index (χ3v) is 7.25. The summed E-state index contributed by atoms with van der Waals surface area (Å²) in [6, 6.07) is 8.29. The first-order valence-electron chi connectivity index (χ1n) is 11.2. The number of hydrogen-bond acceptors (Lipinski definition) is 10. The number of aromatic amines is 1. The Kier molecular flexibility index (Phi) is 8.88. The van der Waals surface area contributed by atoms with Gasteiger partial charge in [-0.3, -0.25) is 23.7 Å². The molecular formula is C22H30N3O9PS. The fraction of sp³-hybridized carbons (Fsp3) is 0.500. The molecule has 3 rings (SSSR count). The summed E-state index contributed by atoms with van der Waals surface area (Å²) in [4.78, 5) is 26.2. The standard InChI is InChI=1S/C22H30N3O9PS/c1-13(2)32-19(28)14(3)24-35(30,34-15-8-6-5-7-9-15)31-12-16-18(27)22(4,29)20(33-16)25-11-10-17(26)23-21(25)36/h5-11,13-14,16,18,20,27,29H,12H2,1-4H3,(H,24,30)(H,23,26,36)/t14-,16+,18?,20+,22?,35?/m0/s1. The second kappa shape index (κ2) is 11.3. The quantitative estimate of drug-likeness (QED) is 0.197. The van der Waals surface area contributed by atoms with Crippen molar-refractivity contribution >= 4 is 25.9 Å². The van der Waals surface area contributed by atoms with Crippen LogP contribution in [0.3, 0.4) is 0 Å². The molecular weight excluding hydrogens is 513 g/mol. The van der Waals surface area contributed by atoms with E-state index in [4.69, 9.17) is 30.7 Å². The van der Waals surface area contributed by atoms with Crippen molar-refractivity contribution in [3.05, 3.63) is 57.7 Å². The summed E-state index contributed by atoms with van der Waals surface area (Å²) >= 11 is 5.14. The second-order valence-electron chi connectivity index (χ2n) is 8.75. The van der Waals surface area contributed by atoms with Crippen LogP contribution >= 0.6 is 20.0 Å². The number of ether oxygens (including phenoxy) is 2. The number of aliphatic hydroxyl groups excluding tert-OH is 1. The van der Waals surface area contributed by atoms with Crippen LogP contribution in [-0.2, 0) is 23.4 Å². The summed E-state index contributed by atoms with van der Waals surface area (Å²) in [5, 5.41) is 24.2. The largest absolute Gasteiger partial charge is 0.462 e. The van der Waals surface area contributed by atoms with Gasteiger partial charge in [-0.2, -0.15) is 5.09 Å². The van der Waals surface area contributed by atoms with Crippen LogP contribution in [0.2, 0.25) is 0 Å². The van der Waals surface area contributed by atoms with E-state index in [0.29, 0.717) is 0 Å². The van der Waals surface area contributed by atoms with E-state index in [1.54, 1.807) is 44.2 Å². The first kappa shape index (κ1) is 28.2. The van der Waals surface area contributed by atoms with Crippen molar-refractivity contribution in [2.75, 3.05) is 6.61 Å². The molecule has 198 valence electrons. The Bertz CT molecular complexity index is 1220. The van der Waals surface area contributed by atoms with Gasteiger partial charge in [-0.1, -0.05) is 18.2 Å². The molecule has 3 unspecified atom stereocenters. The molecule has 12 nitrogen and oxygen atoms in total. The van der Waals surface area contributed by atoms with Crippen LogP contribution < -0.4 is 15.2 Å². The normalized spacial score (nSPS) is 26.4. The predicted molar refractivity (Wildman–Crippen MR) is 131 cm³/mol. The molecule has 0 radical (unpaired) electrons. The minimum absolute atomic E-state index is 0.0289. The van der Waals surface area contributed by atoms with E-state index in [1.165, 1.54) is 30.7 Å². The van der Waals surface area contributed by atoms with Crippen LogP contribution in [0, 0.1) is 4.77 Å². The zero-order valence-corrected chi connectivity index (χ0v) is 21.9. The Labute approximate surface area is 212 Å². The van der Waals surface area contributed by atoms with Gasteiger partial charge in [0.25, 0.3) is 5.56 Å². The average molecular weight is 544 g/mol. The van der Waals surface area contributed by atoms with Gasteiger partial charge in [-0.05, 0) is 52.0 Å². The SMILES string of the molecule is CC(C)OC(=O)[C@H](C)NP(=O)(OC[C@H]1O[C@@H](n2ccc(=O)[nH]c2=S)C(C)(O)C1O)Oc1ccccc1. The van der Waals surface area contributed by atoms with Crippen molar-refractivity contribution in [3.8, 4) is 5.75 Å². The van der Waals surface area contributed by atoms with Crippen molar-refractivity contribution in [2.45, 2.75) is 63.9 Å². The summed E-state index contributed by atoms with van der Waals surface area (Å²) in [5.74, 6) is -0.465. The molecule has 1 fully saturated rings. The average Bonchev–Trinajstić information content (AvgIpc) is 3.01. The van der Waals surface area contributed by atoms with Gasteiger partial charge < -0.3 is 24.2 Å². The van der Waals surface area contributed by atoms with Crippen LogP contribution in [0.15, 0.2) is 47.4 Å². The lowest BCUT2D eigenvalue weighted by molar-refractivity contribution is -0.149. The number of carbonyl (C=O) groups excluding carboxylic acids is 1. The molecule has 1 aromatic carbocycles. The van der Waals surface area contributed by atoms with E-state index in [0.717, 1.165) is 0 Å². The summed E-state index contributed by atoms with van der Waals surface area (Å²) in [7, 11) is -4.22. The fourth-order valence-corrected chi connectivity index (χ4v) is 5.25. The summed E-state index contributed by atoms with van der Waals surface area (Å²) < 4.78 is 37.0. The molecule has 1 aromatic heterocycles. The summed E-state index contributed by atoms with van der Waals surface area (Å²) in [6.45, 7) is 5.63. The molecule has 0 amide bonds. The molecule has 6 atom stereocenters. The fourth-order valence-electron chi connectivity index (χ4n) is 3.50. The van der Waals surface area contributed by atoms with Crippen LogP contribution in [0.5, 0.6) is 5.75 Å². The lowest BCUT2D eigenvalue weighted by atomic mass is 9.96. The molecule has 0 saturated carbocycles. The van der Waals surface area contributed by atoms with Crippen molar-refractivity contribution in [1.29, 1.82) is 0 Å². The Hall–Kier alpha value is -2.38. The predicted octanol–water partition coefficient (Wildman–Crippen LogP) is 2.05. The van der Waals surface area contributed by atoms with Crippen molar-refractivity contribution in [2.24, 2.45) is 0 Å². The molecule has 0 spiro atoms. The molecule has 36 heavy (non-hydrogen) atoms. The van der Waals surface area contributed by atoms with Gasteiger partial charge in [0.2, 0.25) is 0 Å². The maximum atomic E-state index is 13.6. The van der Waals surface area contributed by atoms with Gasteiger partial charge in [0.15, 0.2) is 11.0 Å². The number of hydrogen-bond donors (Lipinski definition) is 4. The molecule has 0 bridgehead atoms. The van der Waals surface area contributed by atoms with Crippen molar-refractivity contribution < 1.29 is 38.1 Å². The van der Waals surface area contributed by atoms with E-state index >= 15 is 0 Å². The third kappa shape index (κ3) is 6.68. The Morgan fingerprint density at radius 2 is 1.97 bits per heavy atom. The molecule has 1 aliphatic heterocycles. The number of para-hydroxylation sites is 1.